The lowest BCUT2D eigenvalue weighted by molar-refractivity contribution is -0.146. The van der Waals surface area contributed by atoms with Crippen LogP contribution in [0.25, 0.3) is 24.3 Å². The highest BCUT2D eigenvalue weighted by molar-refractivity contribution is 6.00. The van der Waals surface area contributed by atoms with Crippen LogP contribution >= 0.6 is 0 Å². The van der Waals surface area contributed by atoms with Gasteiger partial charge in [0.15, 0.2) is 17.3 Å². The van der Waals surface area contributed by atoms with Gasteiger partial charge in [0, 0.05) is 111 Å². The maximum absolute atomic E-state index is 13.0. The van der Waals surface area contributed by atoms with Crippen molar-refractivity contribution in [1.29, 1.82) is 5.26 Å². The zero-order valence-corrected chi connectivity index (χ0v) is 85.1. The standard InChI is InChI=1S/C24H32N2O5.C23H31N3O4.C23H29N3O3.C15H26N2O4.C14H25N3O4.C9H8O2.CH4/c1-16(2)13-19(14-20(27)10-9-17-7-5-4-6-8-17)23(29)26-21(24(30)31-3)15-18-11-12-25-22(18)28;1-15(2)12-18(13-19(27)9-8-16-6-4-3-5-7-16)23(30)26-20(21(24)28)14-17-10-11-25-22(17)29;1-16(2)12-19(14-21(27)9-8-17-6-4-3-5-7-17)23(29)26-20(15-24)13-18-10-11-25-22(18)28;1-9(2)7-10(3)13(18)17-12(15(20)21-4)8-11-5-6-16-14(11)19;1-8(2)6-10(15)13(19)17-11(14(20)21-3)7-9-4-5-16-12(9)18;10-9(11)7-6-8-4-2-1-3-5-8;/h4-10,16,18-19,21H,11-15H2,1-3H3,(H,25,28)(H,26,29);3-9,15,17-18,20H,10-14H2,1-2H3,(H2,24,28)(H,25,29)(H,26,30);3-9,16,18-20H,10-14H2,1-2H3,(H,25,28)(H,26,29);9-12H,5-8H2,1-4H3,(H,16,19)(H,17,18);8-11H,4-7,15H2,1-3H3,(H,16,18)(H,17,19);1-7H,(H,10,11);1H4/b10-9+;2*9-8+;;;7-6+;/t18-,19+,21-;17-,18+,20-;18-,19+,20-;10-,11-,12-;9-,10-,11-;;/m00000../s1. The van der Waals surface area contributed by atoms with Crippen molar-refractivity contribution in [2.24, 2.45) is 94.3 Å². The molecular formula is C109H155N13O22. The number of methoxy groups -OCH3 is 3. The highest BCUT2D eigenvalue weighted by Crippen LogP contribution is 2.27. The maximum atomic E-state index is 13.0. The van der Waals surface area contributed by atoms with Crippen molar-refractivity contribution in [2.45, 2.75) is 235 Å². The Balaban J connectivity index is 0.000000453. The first kappa shape index (κ1) is 125. The van der Waals surface area contributed by atoms with Gasteiger partial charge in [-0.3, -0.25) is 67.1 Å². The number of carboxylic acids is 1. The average Bonchev–Trinajstić information content (AvgIpc) is 1.86. The molecule has 0 aliphatic carbocycles. The van der Waals surface area contributed by atoms with Crippen molar-refractivity contribution in [2.75, 3.05) is 54.1 Å². The number of hydrogen-bond donors (Lipinski definition) is 13. The highest BCUT2D eigenvalue weighted by atomic mass is 16.5. The Kier molecular flexibility index (Phi) is 58.6. The molecule has 5 aliphatic rings. The van der Waals surface area contributed by atoms with Crippen LogP contribution < -0.4 is 64.6 Å². The molecule has 15 N–H and O–H groups in total. The molecule has 0 unspecified atom stereocenters. The summed E-state index contributed by atoms with van der Waals surface area (Å²) in [5.74, 6) is -7.76. The van der Waals surface area contributed by atoms with E-state index >= 15 is 0 Å². The molecule has 5 heterocycles. The number of rotatable bonds is 48. The number of carbonyl (C=O) groups excluding carboxylic acids is 17. The summed E-state index contributed by atoms with van der Waals surface area (Å²) in [7, 11) is 3.79. The number of hydrogen-bond acceptors (Lipinski definition) is 23. The largest absolute Gasteiger partial charge is 0.478 e. The second-order valence-corrected chi connectivity index (χ2v) is 38.5. The predicted octanol–water partition coefficient (Wildman–Crippen LogP) is 10.00. The van der Waals surface area contributed by atoms with Gasteiger partial charge in [0.25, 0.3) is 0 Å². The number of nitrogens with zero attached hydrogens (tertiary/aromatic N) is 1. The monoisotopic (exact) mass is 2000 g/mol. The number of allylic oxidation sites excluding steroid dienone is 3. The van der Waals surface area contributed by atoms with Gasteiger partial charge in [-0.1, -0.05) is 223 Å². The Morgan fingerprint density at radius 3 is 0.868 bits per heavy atom. The number of esters is 3. The molecule has 0 aromatic heterocycles. The molecular weight excluding hydrogens is 1840 g/mol. The molecule has 0 saturated carbocycles. The summed E-state index contributed by atoms with van der Waals surface area (Å²) in [6.07, 6.45) is 19.8. The molecule has 4 aromatic carbocycles. The van der Waals surface area contributed by atoms with Gasteiger partial charge >= 0.3 is 23.9 Å². The van der Waals surface area contributed by atoms with Gasteiger partial charge in [-0.25, -0.2) is 19.2 Å². The van der Waals surface area contributed by atoms with E-state index in [-0.39, 0.29) is 176 Å². The van der Waals surface area contributed by atoms with E-state index in [0.717, 1.165) is 34.8 Å². The molecule has 35 nitrogen and oxygen atoms in total. The first-order valence-corrected chi connectivity index (χ1v) is 49.2. The van der Waals surface area contributed by atoms with Crippen LogP contribution in [0, 0.1) is 94.2 Å². The molecule has 35 heteroatoms. The fourth-order valence-electron chi connectivity index (χ4n) is 16.6. The smallest absolute Gasteiger partial charge is 0.328 e. The van der Waals surface area contributed by atoms with Crippen molar-refractivity contribution >= 4 is 131 Å². The summed E-state index contributed by atoms with van der Waals surface area (Å²) in [4.78, 5) is 217. The second kappa shape index (κ2) is 67.7. The van der Waals surface area contributed by atoms with E-state index in [4.69, 9.17) is 30.8 Å². The molecule has 5 aliphatic heterocycles. The zero-order valence-electron chi connectivity index (χ0n) is 85.1. The van der Waals surface area contributed by atoms with Crippen molar-refractivity contribution < 1.29 is 106 Å². The van der Waals surface area contributed by atoms with Crippen molar-refractivity contribution in [3.8, 4) is 6.07 Å². The van der Waals surface area contributed by atoms with Gasteiger partial charge < -0.3 is 84.0 Å². The normalized spacial score (nSPS) is 18.2. The number of carboxylic acid groups (broad SMARTS) is 1. The first-order valence-electron chi connectivity index (χ1n) is 49.2. The average molecular weight is 2000 g/mol. The minimum Gasteiger partial charge on any atom is -0.478 e. The summed E-state index contributed by atoms with van der Waals surface area (Å²) in [6, 6.07) is 34.9. The third-order valence-corrected chi connectivity index (χ3v) is 24.0. The van der Waals surface area contributed by atoms with Crippen LogP contribution in [0.1, 0.15) is 221 Å². The lowest BCUT2D eigenvalue weighted by Crippen LogP contribution is -2.50. The molecule has 788 valence electrons. The number of ether oxygens (including phenoxy) is 3. The lowest BCUT2D eigenvalue weighted by Gasteiger charge is -2.23. The van der Waals surface area contributed by atoms with Gasteiger partial charge in [-0.2, -0.15) is 5.26 Å². The number of benzene rings is 4. The number of nitriles is 1. The number of carbonyl (C=O) groups is 18. The second-order valence-electron chi connectivity index (χ2n) is 38.5. The Morgan fingerprint density at radius 2 is 0.618 bits per heavy atom. The number of aliphatic carboxylic acids is 1. The number of nitrogens with two attached hydrogens (primary N) is 2. The van der Waals surface area contributed by atoms with Gasteiger partial charge in [0.05, 0.1) is 33.4 Å². The van der Waals surface area contributed by atoms with E-state index in [1.54, 1.807) is 24.3 Å². The third-order valence-electron chi connectivity index (χ3n) is 24.0. The van der Waals surface area contributed by atoms with Crippen LogP contribution in [0.5, 0.6) is 0 Å². The summed E-state index contributed by atoms with van der Waals surface area (Å²) in [6.45, 7) is 24.7. The molecule has 5 fully saturated rings. The van der Waals surface area contributed by atoms with Crippen LogP contribution in [0.4, 0.5) is 0 Å². The van der Waals surface area contributed by atoms with E-state index in [0.29, 0.717) is 109 Å². The van der Waals surface area contributed by atoms with Gasteiger partial charge in [-0.15, -0.1) is 0 Å². The third kappa shape index (κ3) is 49.8. The minimum absolute atomic E-state index is 0. The van der Waals surface area contributed by atoms with Crippen LogP contribution in [-0.2, 0) is 101 Å². The van der Waals surface area contributed by atoms with Gasteiger partial charge in [0.1, 0.15) is 30.2 Å². The zero-order chi connectivity index (χ0) is 106. The van der Waals surface area contributed by atoms with E-state index in [1.165, 1.54) is 39.6 Å². The topological polar surface area (TPSA) is 551 Å². The number of primary amides is 1. The maximum Gasteiger partial charge on any atom is 0.328 e. The number of amides is 11. The molecule has 9 rings (SSSR count). The highest BCUT2D eigenvalue weighted by Gasteiger charge is 2.39. The van der Waals surface area contributed by atoms with Crippen LogP contribution in [-0.4, -0.2) is 202 Å². The molecule has 15 atom stereocenters. The first-order chi connectivity index (χ1) is 67.9. The summed E-state index contributed by atoms with van der Waals surface area (Å²) in [5, 5.41) is 44.8. The summed E-state index contributed by atoms with van der Waals surface area (Å²) >= 11 is 0. The Labute approximate surface area is 847 Å². The fraction of sp³-hybridized carbons (Fsp3) is 0.532. The van der Waals surface area contributed by atoms with E-state index < -0.39 is 89.7 Å². The molecule has 0 spiro atoms. The summed E-state index contributed by atoms with van der Waals surface area (Å²) in [5.41, 5.74) is 14.9. The molecule has 5 saturated heterocycles. The van der Waals surface area contributed by atoms with Crippen LogP contribution in [0.15, 0.2) is 146 Å². The predicted molar refractivity (Wildman–Crippen MR) is 549 cm³/mol. The molecule has 0 radical (unpaired) electrons. The number of ketones is 3. The van der Waals surface area contributed by atoms with Crippen LogP contribution in [0.2, 0.25) is 0 Å². The minimum atomic E-state index is -0.934. The van der Waals surface area contributed by atoms with Crippen LogP contribution in [0.3, 0.4) is 0 Å². The quantitative estimate of drug-likeness (QED) is 0.0111. The molecule has 4 aromatic rings. The van der Waals surface area contributed by atoms with E-state index in [1.807, 2.05) is 197 Å². The SMILES string of the molecule is C.CC(C)C[C@H](CC(=O)/C=C/c1ccccc1)C(=O)N[C@@H](C[C@@H]1CCNC1=O)C(N)=O.CC(C)C[C@H](CC(=O)/C=C/c1ccccc1)C(=O)N[C@H](C#N)C[C@@H]1CCNC1=O.COC(=O)[C@H](C[C@@H]1CCNC1=O)NC(=O)[C@@H](C)CC(C)C.COC(=O)[C@H](C[C@@H]1CCNC1=O)NC(=O)[C@@H](CC(=O)/C=C/c1ccccc1)CC(C)C.COC(=O)[C@H](C[C@@H]1CCNC1=O)NC(=O)[C@@H](N)CC(C)C.O=C(O)/C=C/c1ccccc1. The number of nitrogens with one attached hydrogen (secondary N) is 10. The van der Waals surface area contributed by atoms with Crippen molar-refractivity contribution in [3.05, 3.63) is 168 Å². The Morgan fingerprint density at radius 1 is 0.368 bits per heavy atom. The van der Waals surface area contributed by atoms with Gasteiger partial charge in [0.2, 0.25) is 65.0 Å². The van der Waals surface area contributed by atoms with Crippen molar-refractivity contribution in [3.63, 3.8) is 0 Å². The Bertz CT molecular complexity index is 4890. The summed E-state index contributed by atoms with van der Waals surface area (Å²) < 4.78 is 14.3. The fourth-order valence-corrected chi connectivity index (χ4v) is 16.6. The Hall–Kier alpha value is -13.7. The lowest BCUT2D eigenvalue weighted by atomic mass is 9.90. The molecule has 0 bridgehead atoms. The van der Waals surface area contributed by atoms with Gasteiger partial charge in [-0.05, 0) is 172 Å². The van der Waals surface area contributed by atoms with Crippen molar-refractivity contribution in [1.82, 2.24) is 53.2 Å². The molecule has 11 amide bonds. The molecule has 144 heavy (non-hydrogen) atoms. The van der Waals surface area contributed by atoms with E-state index in [2.05, 4.69) is 59.2 Å². The van der Waals surface area contributed by atoms with E-state index in [9.17, 15) is 91.6 Å².